The van der Waals surface area contributed by atoms with Gasteiger partial charge in [0, 0.05) is 18.4 Å². The van der Waals surface area contributed by atoms with Gasteiger partial charge in [0.15, 0.2) is 0 Å². The van der Waals surface area contributed by atoms with Crippen LogP contribution in [0.4, 0.5) is 4.79 Å². The summed E-state index contributed by atoms with van der Waals surface area (Å²) in [6.07, 6.45) is 0.457. The number of benzene rings is 1. The first-order chi connectivity index (χ1) is 17.9. The van der Waals surface area contributed by atoms with Gasteiger partial charge >= 0.3 is 6.09 Å². The van der Waals surface area contributed by atoms with Crippen LogP contribution in [-0.4, -0.2) is 73.8 Å². The van der Waals surface area contributed by atoms with E-state index >= 15 is 0 Å². The Kier molecular flexibility index (Phi) is 9.96. The summed E-state index contributed by atoms with van der Waals surface area (Å²) in [5, 5.41) is 17.7. The van der Waals surface area contributed by atoms with E-state index < -0.39 is 45.6 Å². The second-order valence-electron chi connectivity index (χ2n) is 10.3. The highest BCUT2D eigenvalue weighted by molar-refractivity contribution is 7.86. The summed E-state index contributed by atoms with van der Waals surface area (Å²) in [6.45, 7) is 4.23. The van der Waals surface area contributed by atoms with Gasteiger partial charge in [0.05, 0.1) is 19.8 Å². The topological polar surface area (TPSA) is 180 Å². The molecular formula is C25H37N3O9S. The number of amides is 3. The lowest BCUT2D eigenvalue weighted by Gasteiger charge is -2.27. The van der Waals surface area contributed by atoms with Gasteiger partial charge in [0.25, 0.3) is 10.1 Å². The van der Waals surface area contributed by atoms with Gasteiger partial charge in [0.2, 0.25) is 17.3 Å². The number of alkyl carbamates (subject to hydrolysis) is 1. The third kappa shape index (κ3) is 8.30. The highest BCUT2D eigenvalue weighted by Gasteiger charge is 2.40. The molecule has 1 aliphatic carbocycles. The molecule has 0 unspecified atom stereocenters. The second kappa shape index (κ2) is 12.8. The predicted molar refractivity (Wildman–Crippen MR) is 137 cm³/mol. The molecule has 3 amide bonds. The first-order valence-electron chi connectivity index (χ1n) is 12.7. The summed E-state index contributed by atoms with van der Waals surface area (Å²) in [7, 11) is -3.34. The monoisotopic (exact) mass is 555 g/mol. The Labute approximate surface area is 222 Å². The molecule has 2 aliphatic rings. The number of aliphatic hydroxyl groups is 1. The van der Waals surface area contributed by atoms with Crippen molar-refractivity contribution in [2.45, 2.75) is 63.0 Å². The number of ether oxygens (including phenoxy) is 2. The minimum atomic E-state index is -4.93. The number of carbonyl (C=O) groups is 3. The van der Waals surface area contributed by atoms with Crippen molar-refractivity contribution >= 4 is 28.0 Å². The maximum absolute atomic E-state index is 13.1. The summed E-state index contributed by atoms with van der Waals surface area (Å²) in [4.78, 5) is 37.6. The number of nitrogens with one attached hydrogen (secondary N) is 3. The molecule has 0 aromatic heterocycles. The van der Waals surface area contributed by atoms with Crippen LogP contribution in [0.5, 0.6) is 5.75 Å². The molecule has 38 heavy (non-hydrogen) atoms. The highest BCUT2D eigenvalue weighted by atomic mass is 32.2. The quantitative estimate of drug-likeness (QED) is 0.223. The molecule has 1 saturated heterocycles. The van der Waals surface area contributed by atoms with Crippen molar-refractivity contribution in [3.8, 4) is 5.75 Å². The van der Waals surface area contributed by atoms with Crippen LogP contribution in [0.25, 0.3) is 0 Å². The zero-order valence-corrected chi connectivity index (χ0v) is 22.6. The van der Waals surface area contributed by atoms with Crippen molar-refractivity contribution in [2.75, 3.05) is 20.3 Å². The van der Waals surface area contributed by atoms with Crippen molar-refractivity contribution in [3.05, 3.63) is 29.8 Å². The van der Waals surface area contributed by atoms with Crippen LogP contribution in [0.15, 0.2) is 24.3 Å². The van der Waals surface area contributed by atoms with E-state index in [0.717, 1.165) is 17.7 Å². The smallest absolute Gasteiger partial charge is 0.407 e. The molecule has 13 heteroatoms. The molecule has 1 saturated carbocycles. The molecule has 0 bridgehead atoms. The molecule has 0 spiro atoms. The van der Waals surface area contributed by atoms with E-state index in [-0.39, 0.29) is 43.1 Å². The van der Waals surface area contributed by atoms with E-state index in [0.29, 0.717) is 13.0 Å². The van der Waals surface area contributed by atoms with E-state index in [2.05, 4.69) is 16.0 Å². The van der Waals surface area contributed by atoms with E-state index in [1.165, 1.54) is 0 Å². The SMILES string of the molecule is COc1ccc([C@@H]2C[C@H]2COC(=O)N[C@@H](CC(C)C)C(=O)N[C@@H](C[C@@H]2CCNC2=O)[C@H](O)S(=O)(=O)O)cc1. The Morgan fingerprint density at radius 2 is 1.87 bits per heavy atom. The van der Waals surface area contributed by atoms with Gasteiger partial charge in [-0.25, -0.2) is 4.79 Å². The van der Waals surface area contributed by atoms with Crippen LogP contribution in [0, 0.1) is 17.8 Å². The van der Waals surface area contributed by atoms with Crippen molar-refractivity contribution in [1.29, 1.82) is 0 Å². The minimum absolute atomic E-state index is 0.0282. The average molecular weight is 556 g/mol. The number of methoxy groups -OCH3 is 1. The molecule has 12 nitrogen and oxygen atoms in total. The van der Waals surface area contributed by atoms with Crippen LogP contribution in [-0.2, 0) is 24.4 Å². The Morgan fingerprint density at radius 1 is 1.18 bits per heavy atom. The molecular weight excluding hydrogens is 518 g/mol. The van der Waals surface area contributed by atoms with Crippen molar-refractivity contribution in [1.82, 2.24) is 16.0 Å². The minimum Gasteiger partial charge on any atom is -0.497 e. The summed E-state index contributed by atoms with van der Waals surface area (Å²) >= 11 is 0. The van der Waals surface area contributed by atoms with Crippen LogP contribution in [0.2, 0.25) is 0 Å². The van der Waals surface area contributed by atoms with Gasteiger partial charge in [-0.3, -0.25) is 14.1 Å². The van der Waals surface area contributed by atoms with Gasteiger partial charge in [-0.2, -0.15) is 8.42 Å². The van der Waals surface area contributed by atoms with Crippen molar-refractivity contribution < 1.29 is 41.9 Å². The fourth-order valence-corrected chi connectivity index (χ4v) is 5.27. The fraction of sp³-hybridized carbons (Fsp3) is 0.640. The largest absolute Gasteiger partial charge is 0.497 e. The summed E-state index contributed by atoms with van der Waals surface area (Å²) in [6, 6.07) is 5.14. The van der Waals surface area contributed by atoms with Gasteiger partial charge in [-0.1, -0.05) is 26.0 Å². The van der Waals surface area contributed by atoms with E-state index in [9.17, 15) is 32.5 Å². The van der Waals surface area contributed by atoms with Crippen LogP contribution in [0.1, 0.15) is 51.0 Å². The number of hydrogen-bond acceptors (Lipinski definition) is 8. The van der Waals surface area contributed by atoms with Gasteiger partial charge in [-0.15, -0.1) is 0 Å². The molecule has 0 radical (unpaired) electrons. The zero-order chi connectivity index (χ0) is 28.0. The molecule has 1 aliphatic heterocycles. The molecule has 3 rings (SSSR count). The van der Waals surface area contributed by atoms with E-state index in [1.54, 1.807) is 7.11 Å². The van der Waals surface area contributed by atoms with Gasteiger partial charge in [0.1, 0.15) is 11.8 Å². The number of hydrogen-bond donors (Lipinski definition) is 5. The van der Waals surface area contributed by atoms with Crippen molar-refractivity contribution in [2.24, 2.45) is 17.8 Å². The number of aliphatic hydroxyl groups excluding tert-OH is 1. The first kappa shape index (κ1) is 29.7. The molecule has 1 heterocycles. The molecule has 6 atom stereocenters. The summed E-state index contributed by atoms with van der Waals surface area (Å²) in [5.74, 6) is -0.592. The van der Waals surface area contributed by atoms with Crippen LogP contribution in [0.3, 0.4) is 0 Å². The molecule has 1 aromatic rings. The molecule has 212 valence electrons. The molecule has 1 aromatic carbocycles. The Morgan fingerprint density at radius 3 is 2.42 bits per heavy atom. The second-order valence-corrected chi connectivity index (χ2v) is 11.8. The highest BCUT2D eigenvalue weighted by Crippen LogP contribution is 2.47. The lowest BCUT2D eigenvalue weighted by molar-refractivity contribution is -0.126. The molecule has 2 fully saturated rings. The van der Waals surface area contributed by atoms with Crippen LogP contribution >= 0.6 is 0 Å². The Bertz CT molecular complexity index is 1090. The predicted octanol–water partition coefficient (Wildman–Crippen LogP) is 1.16. The average Bonchev–Trinajstić information content (AvgIpc) is 3.53. The first-order valence-corrected chi connectivity index (χ1v) is 14.2. The third-order valence-corrected chi connectivity index (χ3v) is 7.83. The van der Waals surface area contributed by atoms with E-state index in [1.807, 2.05) is 38.1 Å². The lowest BCUT2D eigenvalue weighted by atomic mass is 9.97. The van der Waals surface area contributed by atoms with Gasteiger partial charge in [-0.05, 0) is 55.2 Å². The normalized spacial score (nSPS) is 23.2. The third-order valence-electron chi connectivity index (χ3n) is 6.89. The van der Waals surface area contributed by atoms with Gasteiger partial charge < -0.3 is 30.5 Å². The standard InChI is InChI=1S/C25H37N3O9S/c1-14(2)10-20(23(30)27-21(24(31)38(33,34)35)12-16-8-9-26-22(16)29)28-25(32)37-13-17-11-19(17)15-4-6-18(36-3)7-5-15/h4-7,14,16-17,19-21,24,31H,8-13H2,1-3H3,(H,26,29)(H,27,30)(H,28,32)(H,33,34,35)/t16-,17-,19-,20-,21-,24+/m0/s1. The van der Waals surface area contributed by atoms with Crippen molar-refractivity contribution in [3.63, 3.8) is 0 Å². The molecule has 5 N–H and O–H groups in total. The van der Waals surface area contributed by atoms with E-state index in [4.69, 9.17) is 9.47 Å². The Balaban J connectivity index is 1.58. The zero-order valence-electron chi connectivity index (χ0n) is 21.8. The Hall–Kier alpha value is -2.90. The summed E-state index contributed by atoms with van der Waals surface area (Å²) < 4.78 is 43.1. The summed E-state index contributed by atoms with van der Waals surface area (Å²) in [5.41, 5.74) is -1.22. The number of rotatable bonds is 13. The maximum Gasteiger partial charge on any atom is 0.407 e. The maximum atomic E-state index is 13.1. The fourth-order valence-electron chi connectivity index (χ4n) is 4.67. The van der Waals surface area contributed by atoms with Crippen LogP contribution < -0.4 is 20.7 Å². The number of carbonyl (C=O) groups excluding carboxylic acids is 3. The lowest BCUT2D eigenvalue weighted by Crippen LogP contribution is -2.55.